The second-order valence-electron chi connectivity index (χ2n) is 6.22. The summed E-state index contributed by atoms with van der Waals surface area (Å²) >= 11 is 0. The molecule has 0 aliphatic carbocycles. The topological polar surface area (TPSA) is 109 Å². The molecular weight excluding hydrogens is 346 g/mol. The average molecular weight is 363 g/mol. The van der Waals surface area contributed by atoms with Crippen LogP contribution in [0.5, 0.6) is 0 Å². The molecule has 0 spiro atoms. The van der Waals surface area contributed by atoms with Crippen molar-refractivity contribution in [2.24, 2.45) is 0 Å². The van der Waals surface area contributed by atoms with Crippen LogP contribution in [0.4, 0.5) is 4.79 Å². The van der Waals surface area contributed by atoms with E-state index < -0.39 is 6.04 Å². The summed E-state index contributed by atoms with van der Waals surface area (Å²) in [6, 6.07) is 13.9. The number of benzene rings is 2. The van der Waals surface area contributed by atoms with Crippen molar-refractivity contribution in [2.75, 3.05) is 0 Å². The second-order valence-corrected chi connectivity index (χ2v) is 6.22. The first kappa shape index (κ1) is 16.8. The smallest absolute Gasteiger partial charge is 0.319 e. The molecule has 3 amide bonds. The van der Waals surface area contributed by atoms with Crippen molar-refractivity contribution >= 4 is 23.0 Å². The Balaban J connectivity index is 1.67. The van der Waals surface area contributed by atoms with Gasteiger partial charge in [-0.1, -0.05) is 42.5 Å². The van der Waals surface area contributed by atoms with E-state index in [2.05, 4.69) is 26.3 Å². The Morgan fingerprint density at radius 3 is 2.78 bits per heavy atom. The standard InChI is InChI=1S/C19H17N5O3/c1-11-15(18(25)20-10-12-6-3-2-4-7-12)17(22-19(26)21-11)13-8-5-9-14-16(13)24-27-23-14/h2-9,17H,10H2,1H3,(H,20,25)(H2,21,22,26)/t17-/m1/s1. The van der Waals surface area contributed by atoms with Gasteiger partial charge in [-0.05, 0) is 28.9 Å². The fourth-order valence-electron chi connectivity index (χ4n) is 3.16. The summed E-state index contributed by atoms with van der Waals surface area (Å²) in [5.74, 6) is -0.276. The van der Waals surface area contributed by atoms with Gasteiger partial charge in [-0.3, -0.25) is 4.79 Å². The zero-order chi connectivity index (χ0) is 18.8. The number of carbonyl (C=O) groups is 2. The van der Waals surface area contributed by atoms with Crippen LogP contribution in [0, 0.1) is 0 Å². The summed E-state index contributed by atoms with van der Waals surface area (Å²) in [5.41, 5.74) is 3.60. The highest BCUT2D eigenvalue weighted by atomic mass is 16.6. The molecule has 1 aliphatic rings. The average Bonchev–Trinajstić information content (AvgIpc) is 3.15. The van der Waals surface area contributed by atoms with Crippen LogP contribution in [-0.4, -0.2) is 22.3 Å². The van der Waals surface area contributed by atoms with Gasteiger partial charge in [0, 0.05) is 17.8 Å². The number of urea groups is 1. The van der Waals surface area contributed by atoms with Crippen molar-refractivity contribution in [3.8, 4) is 0 Å². The molecule has 3 N–H and O–H groups in total. The summed E-state index contributed by atoms with van der Waals surface area (Å²) < 4.78 is 4.81. The van der Waals surface area contributed by atoms with Gasteiger partial charge in [-0.25, -0.2) is 9.42 Å². The van der Waals surface area contributed by atoms with Crippen molar-refractivity contribution in [3.05, 3.63) is 70.9 Å². The molecule has 3 aromatic rings. The molecule has 0 unspecified atom stereocenters. The van der Waals surface area contributed by atoms with Crippen LogP contribution in [0.15, 0.2) is 64.4 Å². The van der Waals surface area contributed by atoms with Gasteiger partial charge in [0.15, 0.2) is 0 Å². The number of amides is 3. The summed E-state index contributed by atoms with van der Waals surface area (Å²) in [5, 5.41) is 16.1. The van der Waals surface area contributed by atoms with Crippen LogP contribution in [0.2, 0.25) is 0 Å². The van der Waals surface area contributed by atoms with Crippen molar-refractivity contribution in [2.45, 2.75) is 19.5 Å². The van der Waals surface area contributed by atoms with Gasteiger partial charge in [0.1, 0.15) is 11.0 Å². The Labute approximate surface area is 154 Å². The largest absolute Gasteiger partial charge is 0.348 e. The Morgan fingerprint density at radius 2 is 1.96 bits per heavy atom. The zero-order valence-corrected chi connectivity index (χ0v) is 14.5. The number of hydrogen-bond acceptors (Lipinski definition) is 5. The Kier molecular flexibility index (Phi) is 4.29. The summed E-state index contributed by atoms with van der Waals surface area (Å²) in [7, 11) is 0. The lowest BCUT2D eigenvalue weighted by Gasteiger charge is -2.28. The summed E-state index contributed by atoms with van der Waals surface area (Å²) in [6.45, 7) is 2.08. The lowest BCUT2D eigenvalue weighted by molar-refractivity contribution is -0.118. The lowest BCUT2D eigenvalue weighted by Crippen LogP contribution is -2.47. The fourth-order valence-corrected chi connectivity index (χ4v) is 3.16. The van der Waals surface area contributed by atoms with Crippen molar-refractivity contribution < 1.29 is 14.2 Å². The third-order valence-corrected chi connectivity index (χ3v) is 4.44. The van der Waals surface area contributed by atoms with Crippen LogP contribution in [0.3, 0.4) is 0 Å². The summed E-state index contributed by atoms with van der Waals surface area (Å²) in [4.78, 5) is 25.0. The molecule has 1 atom stereocenters. The fraction of sp³-hybridized carbons (Fsp3) is 0.158. The van der Waals surface area contributed by atoms with Crippen molar-refractivity contribution in [1.82, 2.24) is 26.3 Å². The van der Waals surface area contributed by atoms with Crippen LogP contribution in [-0.2, 0) is 11.3 Å². The minimum Gasteiger partial charge on any atom is -0.348 e. The van der Waals surface area contributed by atoms with E-state index in [4.69, 9.17) is 4.63 Å². The Hall–Kier alpha value is -3.68. The molecule has 8 heteroatoms. The maximum absolute atomic E-state index is 12.9. The zero-order valence-electron chi connectivity index (χ0n) is 14.5. The minimum absolute atomic E-state index is 0.276. The quantitative estimate of drug-likeness (QED) is 0.658. The number of hydrogen-bond donors (Lipinski definition) is 3. The highest BCUT2D eigenvalue weighted by Crippen LogP contribution is 2.30. The number of rotatable bonds is 4. The number of carbonyl (C=O) groups excluding carboxylic acids is 2. The van der Waals surface area contributed by atoms with E-state index in [1.165, 1.54) is 0 Å². The van der Waals surface area contributed by atoms with Crippen LogP contribution in [0.25, 0.3) is 11.0 Å². The van der Waals surface area contributed by atoms with Crippen molar-refractivity contribution in [3.63, 3.8) is 0 Å². The highest BCUT2D eigenvalue weighted by molar-refractivity contribution is 5.99. The Morgan fingerprint density at radius 1 is 1.15 bits per heavy atom. The van der Waals surface area contributed by atoms with Gasteiger partial charge in [0.05, 0.1) is 11.6 Å². The molecule has 0 fully saturated rings. The van der Waals surface area contributed by atoms with E-state index in [0.29, 0.717) is 34.4 Å². The van der Waals surface area contributed by atoms with E-state index >= 15 is 0 Å². The SMILES string of the molecule is CC1=C(C(=O)NCc2ccccc2)[C@@H](c2cccc3nonc23)NC(=O)N1. The van der Waals surface area contributed by atoms with Crippen LogP contribution >= 0.6 is 0 Å². The molecule has 1 aromatic heterocycles. The monoisotopic (exact) mass is 363 g/mol. The molecule has 0 saturated heterocycles. The van der Waals surface area contributed by atoms with Gasteiger partial charge >= 0.3 is 6.03 Å². The number of fused-ring (bicyclic) bond motifs is 1. The maximum atomic E-state index is 12.9. The molecule has 136 valence electrons. The predicted molar refractivity (Wildman–Crippen MR) is 97.2 cm³/mol. The molecule has 0 radical (unpaired) electrons. The number of allylic oxidation sites excluding steroid dienone is 1. The highest BCUT2D eigenvalue weighted by Gasteiger charge is 2.32. The maximum Gasteiger partial charge on any atom is 0.319 e. The molecule has 0 bridgehead atoms. The first-order chi connectivity index (χ1) is 13.1. The molecule has 2 aromatic carbocycles. The molecule has 2 heterocycles. The van der Waals surface area contributed by atoms with E-state index in [-0.39, 0.29) is 11.9 Å². The van der Waals surface area contributed by atoms with Gasteiger partial charge in [-0.2, -0.15) is 0 Å². The summed E-state index contributed by atoms with van der Waals surface area (Å²) in [6.07, 6.45) is 0. The van der Waals surface area contributed by atoms with Gasteiger partial charge in [-0.15, -0.1) is 0 Å². The molecule has 4 rings (SSSR count). The second kappa shape index (κ2) is 6.91. The molecule has 27 heavy (non-hydrogen) atoms. The number of nitrogens with zero attached hydrogens (tertiary/aromatic N) is 2. The van der Waals surface area contributed by atoms with Gasteiger partial charge in [0.25, 0.3) is 5.91 Å². The van der Waals surface area contributed by atoms with Gasteiger partial charge in [0.2, 0.25) is 0 Å². The molecular formula is C19H17N5O3. The van der Waals surface area contributed by atoms with Gasteiger partial charge < -0.3 is 16.0 Å². The first-order valence-corrected chi connectivity index (χ1v) is 8.45. The van der Waals surface area contributed by atoms with Crippen LogP contribution in [0.1, 0.15) is 24.1 Å². The number of aromatic nitrogens is 2. The Bertz CT molecular complexity index is 1040. The van der Waals surface area contributed by atoms with E-state index in [9.17, 15) is 9.59 Å². The predicted octanol–water partition coefficient (Wildman–Crippen LogP) is 2.17. The van der Waals surface area contributed by atoms with Crippen LogP contribution < -0.4 is 16.0 Å². The van der Waals surface area contributed by atoms with E-state index in [1.54, 1.807) is 25.1 Å². The molecule has 0 saturated carbocycles. The van der Waals surface area contributed by atoms with E-state index in [0.717, 1.165) is 5.56 Å². The normalized spacial score (nSPS) is 16.8. The minimum atomic E-state index is -0.662. The number of nitrogens with one attached hydrogen (secondary N) is 3. The third kappa shape index (κ3) is 3.24. The first-order valence-electron chi connectivity index (χ1n) is 8.45. The van der Waals surface area contributed by atoms with Crippen molar-refractivity contribution in [1.29, 1.82) is 0 Å². The molecule has 1 aliphatic heterocycles. The molecule has 8 nitrogen and oxygen atoms in total. The third-order valence-electron chi connectivity index (χ3n) is 4.44. The van der Waals surface area contributed by atoms with E-state index in [1.807, 2.05) is 30.3 Å². The lowest BCUT2D eigenvalue weighted by atomic mass is 9.94.